The number of nitrogens with two attached hydrogens (primary N) is 1. The summed E-state index contributed by atoms with van der Waals surface area (Å²) in [4.78, 5) is 17.8. The number of anilines is 1. The van der Waals surface area contributed by atoms with Crippen LogP contribution in [-0.2, 0) is 0 Å². The Bertz CT molecular complexity index is 413. The zero-order valence-electron chi connectivity index (χ0n) is 11.0. The average Bonchev–Trinajstić information content (AvgIpc) is 2.42. The first-order chi connectivity index (χ1) is 9.20. The second kappa shape index (κ2) is 8.20. The van der Waals surface area contributed by atoms with Crippen LogP contribution in [0, 0.1) is 10.1 Å². The van der Waals surface area contributed by atoms with Gasteiger partial charge in [-0.2, -0.15) is 4.98 Å². The summed E-state index contributed by atoms with van der Waals surface area (Å²) in [5.74, 6) is 5.06. The third-order valence-electron chi connectivity index (χ3n) is 2.59. The Morgan fingerprint density at radius 3 is 2.74 bits per heavy atom. The molecule has 0 bridgehead atoms. The third-order valence-corrected chi connectivity index (χ3v) is 2.59. The minimum absolute atomic E-state index is 0.0524. The van der Waals surface area contributed by atoms with Crippen LogP contribution in [0.2, 0.25) is 0 Å². The first kappa shape index (κ1) is 15.1. The van der Waals surface area contributed by atoms with E-state index in [0.717, 1.165) is 19.3 Å². The SMILES string of the molecule is CCCCCCCOc1ncnc(NN)c1[N+](=O)[O-]. The fraction of sp³-hybridized carbons (Fsp3) is 0.636. The molecule has 0 aliphatic carbocycles. The minimum Gasteiger partial charge on any atom is -0.473 e. The summed E-state index contributed by atoms with van der Waals surface area (Å²) in [6, 6.07) is 0. The van der Waals surface area contributed by atoms with E-state index in [4.69, 9.17) is 10.6 Å². The molecule has 1 heterocycles. The summed E-state index contributed by atoms with van der Waals surface area (Å²) in [5.41, 5.74) is 1.83. The highest BCUT2D eigenvalue weighted by Gasteiger charge is 2.23. The number of rotatable bonds is 9. The Balaban J connectivity index is 2.55. The van der Waals surface area contributed by atoms with Crippen molar-refractivity contribution < 1.29 is 9.66 Å². The summed E-state index contributed by atoms with van der Waals surface area (Å²) in [7, 11) is 0. The molecule has 0 aromatic carbocycles. The Morgan fingerprint density at radius 1 is 1.37 bits per heavy atom. The van der Waals surface area contributed by atoms with Crippen LogP contribution in [0.15, 0.2) is 6.33 Å². The van der Waals surface area contributed by atoms with Crippen LogP contribution in [0.4, 0.5) is 11.5 Å². The van der Waals surface area contributed by atoms with Crippen LogP contribution in [0.1, 0.15) is 39.0 Å². The lowest BCUT2D eigenvalue weighted by Gasteiger charge is -2.07. The molecule has 0 saturated carbocycles. The number of hydrogen-bond acceptors (Lipinski definition) is 7. The van der Waals surface area contributed by atoms with E-state index in [1.807, 2.05) is 0 Å². The van der Waals surface area contributed by atoms with Gasteiger partial charge in [0.15, 0.2) is 0 Å². The van der Waals surface area contributed by atoms with Gasteiger partial charge >= 0.3 is 5.69 Å². The van der Waals surface area contributed by atoms with Gasteiger partial charge in [-0.25, -0.2) is 10.8 Å². The lowest BCUT2D eigenvalue weighted by Crippen LogP contribution is -2.13. The van der Waals surface area contributed by atoms with Crippen LogP contribution in [0.3, 0.4) is 0 Å². The van der Waals surface area contributed by atoms with E-state index in [0.29, 0.717) is 6.61 Å². The predicted molar refractivity (Wildman–Crippen MR) is 70.8 cm³/mol. The van der Waals surface area contributed by atoms with E-state index >= 15 is 0 Å². The topological polar surface area (TPSA) is 116 Å². The molecule has 0 aliphatic heterocycles. The molecule has 0 unspecified atom stereocenters. The number of nitrogen functional groups attached to an aromatic ring is 1. The summed E-state index contributed by atoms with van der Waals surface area (Å²) in [6.07, 6.45) is 6.55. The van der Waals surface area contributed by atoms with Crippen LogP contribution in [0.5, 0.6) is 5.88 Å². The van der Waals surface area contributed by atoms with Gasteiger partial charge in [0, 0.05) is 0 Å². The summed E-state index contributed by atoms with van der Waals surface area (Å²) in [5, 5.41) is 10.9. The molecule has 19 heavy (non-hydrogen) atoms. The molecule has 0 aliphatic rings. The van der Waals surface area contributed by atoms with Gasteiger partial charge in [0.25, 0.3) is 5.88 Å². The Morgan fingerprint density at radius 2 is 2.11 bits per heavy atom. The van der Waals surface area contributed by atoms with Crippen molar-refractivity contribution in [1.29, 1.82) is 0 Å². The highest BCUT2D eigenvalue weighted by atomic mass is 16.6. The first-order valence-corrected chi connectivity index (χ1v) is 6.29. The van der Waals surface area contributed by atoms with E-state index in [1.54, 1.807) is 0 Å². The molecule has 0 atom stereocenters. The Kier molecular flexibility index (Phi) is 6.51. The van der Waals surface area contributed by atoms with E-state index in [9.17, 15) is 10.1 Å². The zero-order chi connectivity index (χ0) is 14.1. The van der Waals surface area contributed by atoms with E-state index in [2.05, 4.69) is 22.3 Å². The normalized spacial score (nSPS) is 10.2. The highest BCUT2D eigenvalue weighted by molar-refractivity contribution is 5.60. The molecule has 0 amide bonds. The molecule has 1 aromatic rings. The molecule has 0 radical (unpaired) electrons. The maximum Gasteiger partial charge on any atom is 0.374 e. The van der Waals surface area contributed by atoms with Gasteiger partial charge < -0.3 is 10.2 Å². The van der Waals surface area contributed by atoms with Gasteiger partial charge in [0.1, 0.15) is 6.33 Å². The van der Waals surface area contributed by atoms with Crippen LogP contribution in [-0.4, -0.2) is 21.5 Å². The monoisotopic (exact) mass is 269 g/mol. The summed E-state index contributed by atoms with van der Waals surface area (Å²) < 4.78 is 5.33. The van der Waals surface area contributed by atoms with Gasteiger partial charge in [-0.05, 0) is 6.42 Å². The molecule has 1 rings (SSSR count). The lowest BCUT2D eigenvalue weighted by atomic mass is 10.2. The molecule has 0 saturated heterocycles. The van der Waals surface area contributed by atoms with Crippen molar-refractivity contribution in [2.75, 3.05) is 12.0 Å². The second-order valence-electron chi connectivity index (χ2n) is 4.04. The molecule has 8 nitrogen and oxygen atoms in total. The van der Waals surface area contributed by atoms with Crippen LogP contribution in [0.25, 0.3) is 0 Å². The lowest BCUT2D eigenvalue weighted by molar-refractivity contribution is -0.385. The number of unbranched alkanes of at least 4 members (excludes halogenated alkanes) is 4. The quantitative estimate of drug-likeness (QED) is 0.305. The number of hydrogen-bond donors (Lipinski definition) is 2. The van der Waals surface area contributed by atoms with Crippen LogP contribution >= 0.6 is 0 Å². The van der Waals surface area contributed by atoms with Crippen molar-refractivity contribution in [3.8, 4) is 5.88 Å². The Labute approximate surface area is 111 Å². The largest absolute Gasteiger partial charge is 0.473 e. The third kappa shape index (κ3) is 4.66. The van der Waals surface area contributed by atoms with Crippen molar-refractivity contribution in [3.05, 3.63) is 16.4 Å². The minimum atomic E-state index is -0.610. The van der Waals surface area contributed by atoms with E-state index in [1.165, 1.54) is 19.2 Å². The number of aromatic nitrogens is 2. The smallest absolute Gasteiger partial charge is 0.374 e. The van der Waals surface area contributed by atoms with Crippen LogP contribution < -0.4 is 16.0 Å². The van der Waals surface area contributed by atoms with Gasteiger partial charge in [0.05, 0.1) is 11.5 Å². The predicted octanol–water partition coefficient (Wildman–Crippen LogP) is 2.02. The van der Waals surface area contributed by atoms with E-state index < -0.39 is 4.92 Å². The maximum absolute atomic E-state index is 10.9. The molecule has 3 N–H and O–H groups in total. The van der Waals surface area contributed by atoms with E-state index in [-0.39, 0.29) is 17.4 Å². The second-order valence-corrected chi connectivity index (χ2v) is 4.04. The van der Waals surface area contributed by atoms with Crippen molar-refractivity contribution >= 4 is 11.5 Å². The molecule has 1 aromatic heterocycles. The van der Waals surface area contributed by atoms with Crippen molar-refractivity contribution in [3.63, 3.8) is 0 Å². The molecule has 0 fully saturated rings. The average molecular weight is 269 g/mol. The molecule has 106 valence electrons. The highest BCUT2D eigenvalue weighted by Crippen LogP contribution is 2.30. The Hall–Kier alpha value is -1.96. The van der Waals surface area contributed by atoms with Gasteiger partial charge in [-0.15, -0.1) is 0 Å². The zero-order valence-corrected chi connectivity index (χ0v) is 11.0. The van der Waals surface area contributed by atoms with Gasteiger partial charge in [-0.1, -0.05) is 32.6 Å². The standard InChI is InChI=1S/C11H19N5O3/c1-2-3-4-5-6-7-19-11-9(16(17)18)10(15-12)13-8-14-11/h8H,2-7,12H2,1H3,(H,13,14,15). The number of ether oxygens (including phenoxy) is 1. The molecule has 8 heteroatoms. The van der Waals surface area contributed by atoms with Crippen molar-refractivity contribution in [2.24, 2.45) is 5.84 Å². The first-order valence-electron chi connectivity index (χ1n) is 6.29. The fourth-order valence-electron chi connectivity index (χ4n) is 1.61. The molecular formula is C11H19N5O3. The number of nitrogens with zero attached hydrogens (tertiary/aromatic N) is 3. The summed E-state index contributed by atoms with van der Waals surface area (Å²) >= 11 is 0. The van der Waals surface area contributed by atoms with Gasteiger partial charge in [0.2, 0.25) is 5.82 Å². The number of hydrazine groups is 1. The van der Waals surface area contributed by atoms with Crippen molar-refractivity contribution in [1.82, 2.24) is 9.97 Å². The number of nitrogens with one attached hydrogen (secondary N) is 1. The van der Waals surface area contributed by atoms with Gasteiger partial charge in [-0.3, -0.25) is 10.1 Å². The fourth-order valence-corrected chi connectivity index (χ4v) is 1.61. The molecular weight excluding hydrogens is 250 g/mol. The molecule has 0 spiro atoms. The van der Waals surface area contributed by atoms with Crippen molar-refractivity contribution in [2.45, 2.75) is 39.0 Å². The summed E-state index contributed by atoms with van der Waals surface area (Å²) in [6.45, 7) is 2.54. The maximum atomic E-state index is 10.9. The number of nitro groups is 1.